The van der Waals surface area contributed by atoms with Gasteiger partial charge in [0.05, 0.1) is 5.75 Å². The lowest BCUT2D eigenvalue weighted by Crippen LogP contribution is -2.27. The van der Waals surface area contributed by atoms with Crippen molar-refractivity contribution in [1.82, 2.24) is 9.03 Å². The molecule has 0 amide bonds. The van der Waals surface area contributed by atoms with Crippen molar-refractivity contribution in [1.29, 1.82) is 0 Å². The number of sulfonamides is 1. The van der Waals surface area contributed by atoms with Gasteiger partial charge in [-0.3, -0.25) is 4.21 Å². The van der Waals surface area contributed by atoms with Crippen LogP contribution in [0.3, 0.4) is 0 Å². The zero-order chi connectivity index (χ0) is 31.1. The van der Waals surface area contributed by atoms with Crippen LogP contribution in [0.15, 0.2) is 48.5 Å². The zero-order valence-electron chi connectivity index (χ0n) is 25.7. The maximum Gasteiger partial charge on any atom is 0.211 e. The van der Waals surface area contributed by atoms with E-state index in [0.717, 1.165) is 27.8 Å². The van der Waals surface area contributed by atoms with Gasteiger partial charge in [0.15, 0.2) is 0 Å². The van der Waals surface area contributed by atoms with Crippen molar-refractivity contribution in [2.45, 2.75) is 58.2 Å². The summed E-state index contributed by atoms with van der Waals surface area (Å²) in [7, 11) is -0.402. The number of rotatable bonds is 12. The predicted octanol–water partition coefficient (Wildman–Crippen LogP) is 5.46. The van der Waals surface area contributed by atoms with Gasteiger partial charge in [-0.15, -0.1) is 0 Å². The van der Waals surface area contributed by atoms with Gasteiger partial charge in [-0.1, -0.05) is 61.4 Å². The number of nitrogens with zero attached hydrogens (tertiary/aromatic N) is 1. The second kappa shape index (κ2) is 12.5. The quantitative estimate of drug-likeness (QED) is 0.212. The monoisotopic (exact) mass is 625 g/mol. The molecule has 43 heavy (non-hydrogen) atoms. The topological polar surface area (TPSA) is 108 Å². The molecule has 0 saturated carbocycles. The normalized spacial score (nSPS) is 19.1. The molecule has 3 atom stereocenters. The summed E-state index contributed by atoms with van der Waals surface area (Å²) in [5.74, 6) is -0.0313. The third-order valence-corrected chi connectivity index (χ3v) is 10.9. The second-order valence-electron chi connectivity index (χ2n) is 12.1. The molecule has 0 spiro atoms. The lowest BCUT2D eigenvalue weighted by molar-refractivity contribution is -0.0798. The van der Waals surface area contributed by atoms with Gasteiger partial charge in [0.25, 0.3) is 0 Å². The molecule has 0 aromatic heterocycles. The molecule has 0 saturated heterocycles. The van der Waals surface area contributed by atoms with Gasteiger partial charge in [0.2, 0.25) is 10.0 Å². The van der Waals surface area contributed by atoms with Crippen molar-refractivity contribution in [3.63, 3.8) is 0 Å². The Morgan fingerprint density at radius 2 is 1.44 bits per heavy atom. The molecule has 0 fully saturated rings. The summed E-state index contributed by atoms with van der Waals surface area (Å²) in [5.41, 5.74) is 11.3. The Kier molecular flexibility index (Phi) is 9.30. The van der Waals surface area contributed by atoms with Crippen LogP contribution in [0.25, 0.3) is 22.3 Å². The molecule has 0 radical (unpaired) electrons. The summed E-state index contributed by atoms with van der Waals surface area (Å²) in [6.07, 6.45) is -0.0669. The predicted molar refractivity (Wildman–Crippen MR) is 170 cm³/mol. The second-order valence-corrected chi connectivity index (χ2v) is 15.2. The van der Waals surface area contributed by atoms with Crippen LogP contribution >= 0.6 is 0 Å². The van der Waals surface area contributed by atoms with Crippen molar-refractivity contribution in [2.75, 3.05) is 39.6 Å². The average molecular weight is 626 g/mol. The number of hydrogen-bond donors (Lipinski definition) is 1. The third-order valence-electron chi connectivity index (χ3n) is 8.72. The van der Waals surface area contributed by atoms with Crippen LogP contribution < -0.4 is 4.72 Å². The Hall–Kier alpha value is -2.44. The lowest BCUT2D eigenvalue weighted by atomic mass is 9.76. The first-order chi connectivity index (χ1) is 20.3. The van der Waals surface area contributed by atoms with Gasteiger partial charge >= 0.3 is 0 Å². The van der Waals surface area contributed by atoms with E-state index in [0.29, 0.717) is 26.0 Å². The standard InChI is InChI=1S/C33H42N2O6S2/c1-21-9-11-23-25-20-30-26(24-12-10-22(2)18-29(24)33(30,3)4)19-28(25)32(40-14-7-13-35(6)42(36)37)31(27(23)17-21)41-15-8-16-43(38,39)34-5/h9-12,17-20,31-32,34H,7-8,13-16H2,1-6H3,(H,36,37)/p-1. The van der Waals surface area contributed by atoms with Crippen LogP contribution in [-0.2, 0) is 36.2 Å². The van der Waals surface area contributed by atoms with E-state index in [4.69, 9.17) is 9.47 Å². The minimum absolute atomic E-state index is 0.0313. The number of benzene rings is 3. The average Bonchev–Trinajstić information content (AvgIpc) is 3.17. The van der Waals surface area contributed by atoms with Crippen molar-refractivity contribution in [3.8, 4) is 22.3 Å². The molecule has 3 unspecified atom stereocenters. The van der Waals surface area contributed by atoms with Gasteiger partial charge in [-0.25, -0.2) is 17.4 Å². The summed E-state index contributed by atoms with van der Waals surface area (Å²) >= 11 is -2.29. The summed E-state index contributed by atoms with van der Waals surface area (Å²) in [5, 5.41) is 0. The van der Waals surface area contributed by atoms with Crippen LogP contribution in [0.2, 0.25) is 0 Å². The van der Waals surface area contributed by atoms with Crippen molar-refractivity contribution in [3.05, 3.63) is 81.9 Å². The number of aryl methyl sites for hydroxylation is 2. The number of hydrogen-bond acceptors (Lipinski definition) is 6. The van der Waals surface area contributed by atoms with E-state index in [1.165, 1.54) is 46.2 Å². The first-order valence-electron chi connectivity index (χ1n) is 14.7. The molecule has 3 aromatic carbocycles. The van der Waals surface area contributed by atoms with Crippen LogP contribution in [0.1, 0.15) is 72.3 Å². The highest BCUT2D eigenvalue weighted by Gasteiger charge is 2.41. The SMILES string of the molecule is CNS(=O)(=O)CCCOC1c2cc(C)ccc2-c2cc3c(cc2C1OCCCN(C)S(=O)[O-])-c1ccc(C)cc1C3(C)C. The van der Waals surface area contributed by atoms with E-state index in [9.17, 15) is 17.2 Å². The third kappa shape index (κ3) is 6.38. The van der Waals surface area contributed by atoms with Crippen LogP contribution in [0.4, 0.5) is 0 Å². The Labute approximate surface area is 258 Å². The summed E-state index contributed by atoms with van der Waals surface area (Å²) in [6.45, 7) is 9.63. The lowest BCUT2D eigenvalue weighted by Gasteiger charge is -2.37. The van der Waals surface area contributed by atoms with E-state index >= 15 is 0 Å². The summed E-state index contributed by atoms with van der Waals surface area (Å²) in [6, 6.07) is 17.6. The molecule has 2 aliphatic carbocycles. The Morgan fingerprint density at radius 3 is 2.09 bits per heavy atom. The molecule has 5 rings (SSSR count). The number of nitrogens with one attached hydrogen (secondary N) is 1. The summed E-state index contributed by atoms with van der Waals surface area (Å²) < 4.78 is 63.4. The molecule has 8 nitrogen and oxygen atoms in total. The Balaban J connectivity index is 1.57. The molecule has 3 aromatic rings. The van der Waals surface area contributed by atoms with Crippen LogP contribution in [0.5, 0.6) is 0 Å². The van der Waals surface area contributed by atoms with E-state index in [1.807, 2.05) is 6.92 Å². The number of fused-ring (bicyclic) bond motifs is 6. The summed E-state index contributed by atoms with van der Waals surface area (Å²) in [4.78, 5) is 0. The van der Waals surface area contributed by atoms with E-state index < -0.39 is 33.5 Å². The molecular weight excluding hydrogens is 585 g/mol. The molecule has 0 bridgehead atoms. The maximum atomic E-state index is 12.0. The van der Waals surface area contributed by atoms with Crippen molar-refractivity contribution >= 4 is 21.3 Å². The van der Waals surface area contributed by atoms with Gasteiger partial charge in [0, 0.05) is 36.4 Å². The maximum absolute atomic E-state index is 12.0. The highest BCUT2D eigenvalue weighted by atomic mass is 32.2. The first kappa shape index (κ1) is 32.0. The van der Waals surface area contributed by atoms with Crippen LogP contribution in [0, 0.1) is 13.8 Å². The fourth-order valence-electron chi connectivity index (χ4n) is 6.36. The Morgan fingerprint density at radius 1 is 0.860 bits per heavy atom. The van der Waals surface area contributed by atoms with Gasteiger partial charge in [-0.2, -0.15) is 0 Å². The zero-order valence-corrected chi connectivity index (χ0v) is 27.4. The smallest absolute Gasteiger partial charge is 0.211 e. The van der Waals surface area contributed by atoms with E-state index in [-0.39, 0.29) is 17.8 Å². The number of ether oxygens (including phenoxy) is 2. The molecule has 1 N–H and O–H groups in total. The fraction of sp³-hybridized carbons (Fsp3) is 0.455. The first-order valence-corrected chi connectivity index (χ1v) is 17.4. The van der Waals surface area contributed by atoms with E-state index in [2.05, 4.69) is 74.0 Å². The van der Waals surface area contributed by atoms with Crippen LogP contribution in [-0.4, -0.2) is 61.1 Å². The fourth-order valence-corrected chi connectivity index (χ4v) is 7.34. The molecule has 10 heteroatoms. The van der Waals surface area contributed by atoms with Gasteiger partial charge in [-0.05, 0) is 97.4 Å². The molecule has 2 aliphatic rings. The van der Waals surface area contributed by atoms with Gasteiger partial charge in [0.1, 0.15) is 12.2 Å². The highest BCUT2D eigenvalue weighted by Crippen LogP contribution is 2.55. The van der Waals surface area contributed by atoms with Gasteiger partial charge < -0.3 is 14.0 Å². The minimum atomic E-state index is -3.35. The van der Waals surface area contributed by atoms with Crippen molar-refractivity contribution in [2.24, 2.45) is 0 Å². The highest BCUT2D eigenvalue weighted by molar-refractivity contribution is 7.89. The molecular formula is C33H41N2O6S2-. The van der Waals surface area contributed by atoms with Crippen molar-refractivity contribution < 1.29 is 26.7 Å². The molecule has 0 heterocycles. The van der Waals surface area contributed by atoms with E-state index in [1.54, 1.807) is 0 Å². The molecule has 0 aliphatic heterocycles. The Bertz CT molecular complexity index is 1650. The minimum Gasteiger partial charge on any atom is -0.760 e. The molecule has 232 valence electrons. The largest absolute Gasteiger partial charge is 0.760 e.